The first-order valence-electron chi connectivity index (χ1n) is 5.34. The Bertz CT molecular complexity index is 449. The molecule has 2 rings (SSSR count). The Morgan fingerprint density at radius 3 is 2.84 bits per heavy atom. The Balaban J connectivity index is 2.12. The van der Waals surface area contributed by atoms with Crippen LogP contribution in [0.2, 0.25) is 0 Å². The number of H-pyrrole nitrogens is 1. The summed E-state index contributed by atoms with van der Waals surface area (Å²) in [6.07, 6.45) is -2.35. The van der Waals surface area contributed by atoms with Gasteiger partial charge in [0.1, 0.15) is 18.3 Å². The summed E-state index contributed by atoms with van der Waals surface area (Å²) in [4.78, 5) is 24.2. The molecule has 11 heteroatoms. The van der Waals surface area contributed by atoms with Crippen LogP contribution in [0.3, 0.4) is 0 Å². The number of aromatic amines is 1. The number of aromatic nitrogens is 2. The van der Waals surface area contributed by atoms with Crippen LogP contribution in [0.1, 0.15) is 0 Å². The molecule has 1 saturated heterocycles. The zero-order chi connectivity index (χ0) is 14.0. The number of phosphoric ester groups is 1. The van der Waals surface area contributed by atoms with E-state index >= 15 is 0 Å². The third-order valence-electron chi connectivity index (χ3n) is 2.51. The van der Waals surface area contributed by atoms with Crippen LogP contribution in [0, 0.1) is 0 Å². The molecule has 0 saturated carbocycles. The summed E-state index contributed by atoms with van der Waals surface area (Å²) < 4.78 is 20.5. The topological polar surface area (TPSA) is 157 Å². The monoisotopic (exact) mass is 295 g/mol. The van der Waals surface area contributed by atoms with Crippen molar-refractivity contribution >= 4 is 13.8 Å². The molecule has 1 aromatic heterocycles. The first kappa shape index (κ1) is 14.4. The lowest BCUT2D eigenvalue weighted by Crippen LogP contribution is -2.56. The Hall–Kier alpha value is -1.00. The van der Waals surface area contributed by atoms with Crippen LogP contribution in [-0.4, -0.2) is 61.1 Å². The first-order chi connectivity index (χ1) is 8.87. The summed E-state index contributed by atoms with van der Waals surface area (Å²) in [5.74, 6) is 0.271. The van der Waals surface area contributed by atoms with Gasteiger partial charge in [-0.2, -0.15) is 0 Å². The summed E-state index contributed by atoms with van der Waals surface area (Å²) in [7, 11) is -4.85. The highest BCUT2D eigenvalue weighted by Crippen LogP contribution is 2.40. The molecule has 1 unspecified atom stereocenters. The Kier molecular flexibility index (Phi) is 4.21. The van der Waals surface area contributed by atoms with Gasteiger partial charge in [0.25, 0.3) is 0 Å². The maximum atomic E-state index is 10.9. The molecule has 0 bridgehead atoms. The highest BCUT2D eigenvalue weighted by Gasteiger charge is 2.43. The molecule has 1 aromatic rings. The molecule has 0 amide bonds. The molecule has 0 spiro atoms. The van der Waals surface area contributed by atoms with Gasteiger partial charge in [-0.3, -0.25) is 4.52 Å². The molecule has 0 radical (unpaired) electrons. The molecular weight excluding hydrogens is 281 g/mol. The summed E-state index contributed by atoms with van der Waals surface area (Å²) in [5, 5.41) is 21.8. The molecule has 2 heterocycles. The van der Waals surface area contributed by atoms with Crippen LogP contribution in [0.4, 0.5) is 5.95 Å². The van der Waals surface area contributed by atoms with Crippen LogP contribution >= 0.6 is 7.82 Å². The van der Waals surface area contributed by atoms with Crippen molar-refractivity contribution in [2.75, 3.05) is 11.9 Å². The van der Waals surface area contributed by atoms with Crippen molar-refractivity contribution in [1.82, 2.24) is 9.97 Å². The zero-order valence-electron chi connectivity index (χ0n) is 9.58. The third kappa shape index (κ3) is 3.74. The zero-order valence-corrected chi connectivity index (χ0v) is 10.5. The van der Waals surface area contributed by atoms with Crippen molar-refractivity contribution in [1.29, 1.82) is 0 Å². The lowest BCUT2D eigenvalue weighted by Gasteiger charge is -2.37. The standard InChI is InChI=1S/C8H14N3O7P/c12-4-3-17-7(11-8-9-1-2-10-8)6(5(4)13)18-19(14,15)16/h1-2,4-7,12-13H,3H2,(H2,9,10,11)(H2,14,15,16)/t4-,5-,6-,7?/m1/s1. The number of hydrogen-bond donors (Lipinski definition) is 6. The van der Waals surface area contributed by atoms with Gasteiger partial charge in [0.15, 0.2) is 6.23 Å². The minimum Gasteiger partial charge on any atom is -0.388 e. The fourth-order valence-corrected chi connectivity index (χ4v) is 2.23. The molecule has 6 N–H and O–H groups in total. The molecule has 19 heavy (non-hydrogen) atoms. The van der Waals surface area contributed by atoms with E-state index in [4.69, 9.17) is 14.5 Å². The van der Waals surface area contributed by atoms with Crippen LogP contribution < -0.4 is 5.32 Å². The van der Waals surface area contributed by atoms with Gasteiger partial charge >= 0.3 is 7.82 Å². The van der Waals surface area contributed by atoms with E-state index in [9.17, 15) is 14.8 Å². The normalized spacial score (nSPS) is 32.2. The lowest BCUT2D eigenvalue weighted by molar-refractivity contribution is -0.174. The van der Waals surface area contributed by atoms with E-state index in [1.54, 1.807) is 0 Å². The predicted molar refractivity (Wildman–Crippen MR) is 60.9 cm³/mol. The van der Waals surface area contributed by atoms with Crippen LogP contribution in [-0.2, 0) is 13.8 Å². The van der Waals surface area contributed by atoms with Gasteiger partial charge < -0.3 is 35.0 Å². The number of phosphoric acid groups is 1. The minimum absolute atomic E-state index is 0.208. The maximum absolute atomic E-state index is 10.9. The quantitative estimate of drug-likeness (QED) is 0.359. The van der Waals surface area contributed by atoms with E-state index in [-0.39, 0.29) is 12.6 Å². The number of aliphatic hydroxyl groups excluding tert-OH is 2. The molecule has 10 nitrogen and oxygen atoms in total. The number of rotatable bonds is 4. The van der Waals surface area contributed by atoms with Crippen molar-refractivity contribution in [2.24, 2.45) is 0 Å². The lowest BCUT2D eigenvalue weighted by atomic mass is 10.0. The minimum atomic E-state index is -4.85. The van der Waals surface area contributed by atoms with Gasteiger partial charge in [-0.25, -0.2) is 9.55 Å². The molecule has 4 atom stereocenters. The Morgan fingerprint density at radius 2 is 2.26 bits per heavy atom. The summed E-state index contributed by atoms with van der Waals surface area (Å²) in [6, 6.07) is 0. The van der Waals surface area contributed by atoms with Gasteiger partial charge in [-0.1, -0.05) is 0 Å². The van der Waals surface area contributed by atoms with Crippen LogP contribution in [0.15, 0.2) is 12.4 Å². The molecule has 108 valence electrons. The van der Waals surface area contributed by atoms with Gasteiger partial charge in [0.2, 0.25) is 5.95 Å². The third-order valence-corrected chi connectivity index (χ3v) is 3.03. The van der Waals surface area contributed by atoms with Gasteiger partial charge in [-0.15, -0.1) is 0 Å². The number of anilines is 1. The van der Waals surface area contributed by atoms with E-state index in [1.165, 1.54) is 12.4 Å². The van der Waals surface area contributed by atoms with Crippen molar-refractivity contribution in [3.8, 4) is 0 Å². The second-order valence-corrected chi connectivity index (χ2v) is 5.15. The molecule has 0 aromatic carbocycles. The second-order valence-electron chi connectivity index (χ2n) is 3.95. The van der Waals surface area contributed by atoms with Crippen molar-refractivity contribution in [3.05, 3.63) is 12.4 Å². The predicted octanol–water partition coefficient (Wildman–Crippen LogP) is -1.62. The van der Waals surface area contributed by atoms with Gasteiger partial charge in [0.05, 0.1) is 6.61 Å². The first-order valence-corrected chi connectivity index (χ1v) is 6.87. The smallest absolute Gasteiger partial charge is 0.388 e. The largest absolute Gasteiger partial charge is 0.470 e. The maximum Gasteiger partial charge on any atom is 0.470 e. The molecule has 0 aliphatic carbocycles. The summed E-state index contributed by atoms with van der Waals surface area (Å²) >= 11 is 0. The number of aliphatic hydroxyl groups is 2. The van der Waals surface area contributed by atoms with Crippen molar-refractivity contribution in [2.45, 2.75) is 24.5 Å². The molecule has 1 fully saturated rings. The van der Waals surface area contributed by atoms with E-state index in [0.29, 0.717) is 0 Å². The van der Waals surface area contributed by atoms with Crippen LogP contribution in [0.5, 0.6) is 0 Å². The van der Waals surface area contributed by atoms with E-state index in [2.05, 4.69) is 19.8 Å². The highest BCUT2D eigenvalue weighted by atomic mass is 31.2. The van der Waals surface area contributed by atoms with Crippen molar-refractivity contribution in [3.63, 3.8) is 0 Å². The average Bonchev–Trinajstić information content (AvgIpc) is 2.80. The van der Waals surface area contributed by atoms with Gasteiger partial charge in [0, 0.05) is 12.4 Å². The number of imidazole rings is 1. The SMILES string of the molecule is O=P(O)(O)O[C@H]1C(Nc2ncc[nH]2)OC[C@@H](O)[C@H]1O. The van der Waals surface area contributed by atoms with Crippen LogP contribution in [0.25, 0.3) is 0 Å². The van der Waals surface area contributed by atoms with E-state index < -0.39 is 32.4 Å². The fourth-order valence-electron chi connectivity index (χ4n) is 1.67. The number of nitrogens with zero attached hydrogens (tertiary/aromatic N) is 1. The van der Waals surface area contributed by atoms with E-state index in [1.807, 2.05) is 0 Å². The summed E-state index contributed by atoms with van der Waals surface area (Å²) in [5.41, 5.74) is 0. The number of ether oxygens (including phenoxy) is 1. The number of nitrogens with one attached hydrogen (secondary N) is 2. The van der Waals surface area contributed by atoms with E-state index in [0.717, 1.165) is 0 Å². The Labute approximate surface area is 107 Å². The fraction of sp³-hybridized carbons (Fsp3) is 0.625. The molecular formula is C8H14N3O7P. The van der Waals surface area contributed by atoms with Crippen molar-refractivity contribution < 1.29 is 33.8 Å². The highest BCUT2D eigenvalue weighted by molar-refractivity contribution is 7.46. The Morgan fingerprint density at radius 1 is 1.53 bits per heavy atom. The molecule has 1 aliphatic rings. The number of hydrogen-bond acceptors (Lipinski definition) is 7. The second kappa shape index (κ2) is 5.55. The molecule has 1 aliphatic heterocycles. The average molecular weight is 295 g/mol. The van der Waals surface area contributed by atoms with Gasteiger partial charge in [-0.05, 0) is 0 Å². The summed E-state index contributed by atoms with van der Waals surface area (Å²) in [6.45, 7) is -0.208.